The molecule has 0 saturated carbocycles. The second kappa shape index (κ2) is 8.77. The van der Waals surface area contributed by atoms with Crippen LogP contribution in [0.2, 0.25) is 10.0 Å². The zero-order valence-corrected chi connectivity index (χ0v) is 16.3. The number of aromatic nitrogens is 2. The number of hydrogen-bond donors (Lipinski definition) is 2. The second-order valence-electron chi connectivity index (χ2n) is 5.73. The molecule has 144 valence electrons. The molecule has 0 atom stereocenters. The highest BCUT2D eigenvalue weighted by Crippen LogP contribution is 2.28. The van der Waals surface area contributed by atoms with Gasteiger partial charge in [0.2, 0.25) is 0 Å². The van der Waals surface area contributed by atoms with Crippen LogP contribution in [0.15, 0.2) is 53.8 Å². The highest BCUT2D eigenvalue weighted by atomic mass is 35.5. The Balaban J connectivity index is 1.64. The maximum absolute atomic E-state index is 12.2. The Morgan fingerprint density at radius 3 is 2.89 bits per heavy atom. The number of carbonyl (C=O) groups excluding carboxylic acids is 1. The van der Waals surface area contributed by atoms with E-state index in [4.69, 9.17) is 27.9 Å². The average molecular weight is 419 g/mol. The van der Waals surface area contributed by atoms with E-state index in [1.807, 2.05) is 0 Å². The first-order valence-electron chi connectivity index (χ1n) is 8.14. The van der Waals surface area contributed by atoms with Crippen molar-refractivity contribution in [3.05, 3.63) is 75.5 Å². The molecule has 0 unspecified atom stereocenters. The van der Waals surface area contributed by atoms with Gasteiger partial charge in [-0.1, -0.05) is 35.3 Å². The van der Waals surface area contributed by atoms with Gasteiger partial charge in [-0.3, -0.25) is 9.48 Å². The number of halogens is 2. The topological polar surface area (TPSA) is 88.7 Å². The number of nitrogens with one attached hydrogen (secondary N) is 1. The molecule has 2 aromatic carbocycles. The lowest BCUT2D eigenvalue weighted by Crippen LogP contribution is -2.18. The predicted octanol–water partition coefficient (Wildman–Crippen LogP) is 3.72. The van der Waals surface area contributed by atoms with E-state index in [1.54, 1.807) is 53.3 Å². The van der Waals surface area contributed by atoms with Gasteiger partial charge in [0.05, 0.1) is 19.9 Å². The van der Waals surface area contributed by atoms with Crippen LogP contribution in [0.4, 0.5) is 0 Å². The van der Waals surface area contributed by atoms with Gasteiger partial charge in [0, 0.05) is 21.8 Å². The van der Waals surface area contributed by atoms with Gasteiger partial charge < -0.3 is 9.84 Å². The van der Waals surface area contributed by atoms with Gasteiger partial charge in [0.15, 0.2) is 17.2 Å². The van der Waals surface area contributed by atoms with E-state index in [1.165, 1.54) is 13.3 Å². The van der Waals surface area contributed by atoms with Crippen LogP contribution in [0.1, 0.15) is 21.6 Å². The van der Waals surface area contributed by atoms with Crippen molar-refractivity contribution in [1.82, 2.24) is 15.2 Å². The van der Waals surface area contributed by atoms with Crippen molar-refractivity contribution in [1.29, 1.82) is 0 Å². The van der Waals surface area contributed by atoms with E-state index in [0.29, 0.717) is 27.9 Å². The Hall–Kier alpha value is -3.03. The van der Waals surface area contributed by atoms with Gasteiger partial charge in [-0.15, -0.1) is 0 Å². The Kier molecular flexibility index (Phi) is 6.18. The fourth-order valence-corrected chi connectivity index (χ4v) is 2.89. The van der Waals surface area contributed by atoms with Crippen molar-refractivity contribution >= 4 is 35.3 Å². The lowest BCUT2D eigenvalue weighted by molar-refractivity contribution is 0.0949. The van der Waals surface area contributed by atoms with Crippen molar-refractivity contribution in [2.75, 3.05) is 7.11 Å². The lowest BCUT2D eigenvalue weighted by atomic mass is 10.2. The third-order valence-corrected chi connectivity index (χ3v) is 4.43. The number of methoxy groups -OCH3 is 1. The summed E-state index contributed by atoms with van der Waals surface area (Å²) in [5.41, 5.74) is 3.79. The standard InChI is InChI=1S/C19H16Cl2N4O3/c1-28-17-4-2-3-12(18(17)26)10-22-23-19(27)16-7-8-25(24-16)11-13-5-6-14(20)9-15(13)21/h2-10,26H,11H2,1H3,(H,23,27)/b22-10+. The minimum atomic E-state index is -0.486. The minimum absolute atomic E-state index is 0.0629. The molecule has 1 heterocycles. The van der Waals surface area contributed by atoms with E-state index >= 15 is 0 Å². The summed E-state index contributed by atoms with van der Waals surface area (Å²) in [5.74, 6) is -0.235. The summed E-state index contributed by atoms with van der Waals surface area (Å²) in [7, 11) is 1.45. The van der Waals surface area contributed by atoms with Crippen molar-refractivity contribution in [2.45, 2.75) is 6.54 Å². The third-order valence-electron chi connectivity index (χ3n) is 3.84. The van der Waals surface area contributed by atoms with Crippen LogP contribution in [-0.4, -0.2) is 34.1 Å². The second-order valence-corrected chi connectivity index (χ2v) is 6.58. The number of phenolic OH excluding ortho intramolecular Hbond substituents is 1. The predicted molar refractivity (Wildman–Crippen MR) is 108 cm³/mol. The summed E-state index contributed by atoms with van der Waals surface area (Å²) in [6.45, 7) is 0.393. The number of para-hydroxylation sites is 1. The van der Waals surface area contributed by atoms with Crippen LogP contribution in [-0.2, 0) is 6.54 Å². The number of phenols is 1. The fourth-order valence-electron chi connectivity index (χ4n) is 2.42. The van der Waals surface area contributed by atoms with E-state index in [2.05, 4.69) is 15.6 Å². The number of amides is 1. The summed E-state index contributed by atoms with van der Waals surface area (Å²) in [5, 5.41) is 19.1. The summed E-state index contributed by atoms with van der Waals surface area (Å²) in [4.78, 5) is 12.2. The third kappa shape index (κ3) is 4.62. The first-order chi connectivity index (χ1) is 13.5. The summed E-state index contributed by atoms with van der Waals surface area (Å²) >= 11 is 12.0. The normalized spacial score (nSPS) is 11.0. The summed E-state index contributed by atoms with van der Waals surface area (Å²) in [6.07, 6.45) is 2.98. The molecule has 28 heavy (non-hydrogen) atoms. The molecular formula is C19H16Cl2N4O3. The first kappa shape index (κ1) is 19.7. The summed E-state index contributed by atoms with van der Waals surface area (Å²) < 4.78 is 6.61. The molecule has 0 aliphatic heterocycles. The number of benzene rings is 2. The lowest BCUT2D eigenvalue weighted by Gasteiger charge is -2.05. The van der Waals surface area contributed by atoms with E-state index in [0.717, 1.165) is 5.56 Å². The Morgan fingerprint density at radius 1 is 1.32 bits per heavy atom. The Bertz CT molecular complexity index is 1030. The number of nitrogens with zero attached hydrogens (tertiary/aromatic N) is 3. The van der Waals surface area contributed by atoms with Crippen LogP contribution in [0.25, 0.3) is 0 Å². The quantitative estimate of drug-likeness (QED) is 0.471. The Labute approximate surface area is 171 Å². The van der Waals surface area contributed by atoms with Crippen LogP contribution in [0.3, 0.4) is 0 Å². The molecule has 3 rings (SSSR count). The largest absolute Gasteiger partial charge is 0.504 e. The van der Waals surface area contributed by atoms with Crippen molar-refractivity contribution in [3.8, 4) is 11.5 Å². The van der Waals surface area contributed by atoms with Crippen LogP contribution < -0.4 is 10.2 Å². The molecule has 3 aromatic rings. The number of rotatable bonds is 6. The molecule has 0 spiro atoms. The van der Waals surface area contributed by atoms with Gasteiger partial charge >= 0.3 is 0 Å². The van der Waals surface area contributed by atoms with Gasteiger partial charge in [0.1, 0.15) is 0 Å². The van der Waals surface area contributed by atoms with Crippen LogP contribution >= 0.6 is 23.2 Å². The molecule has 1 amide bonds. The Morgan fingerprint density at radius 2 is 2.14 bits per heavy atom. The molecule has 2 N–H and O–H groups in total. The van der Waals surface area contributed by atoms with Gasteiger partial charge in [-0.25, -0.2) is 5.43 Å². The zero-order chi connectivity index (χ0) is 20.1. The highest BCUT2D eigenvalue weighted by molar-refractivity contribution is 6.35. The number of hydrogen-bond acceptors (Lipinski definition) is 5. The van der Waals surface area contributed by atoms with E-state index in [9.17, 15) is 9.90 Å². The molecule has 0 radical (unpaired) electrons. The molecular weight excluding hydrogens is 403 g/mol. The molecule has 1 aromatic heterocycles. The molecule has 9 heteroatoms. The van der Waals surface area contributed by atoms with Gasteiger partial charge in [-0.2, -0.15) is 10.2 Å². The van der Waals surface area contributed by atoms with Crippen LogP contribution in [0, 0.1) is 0 Å². The zero-order valence-electron chi connectivity index (χ0n) is 14.8. The molecule has 0 bridgehead atoms. The number of carbonyl (C=O) groups is 1. The van der Waals surface area contributed by atoms with Gasteiger partial charge in [0.25, 0.3) is 5.91 Å². The van der Waals surface area contributed by atoms with Gasteiger partial charge in [-0.05, 0) is 35.9 Å². The van der Waals surface area contributed by atoms with Crippen molar-refractivity contribution in [2.24, 2.45) is 5.10 Å². The maximum Gasteiger partial charge on any atom is 0.291 e. The molecule has 0 aliphatic rings. The van der Waals surface area contributed by atoms with Crippen molar-refractivity contribution in [3.63, 3.8) is 0 Å². The number of ether oxygens (including phenoxy) is 1. The molecule has 7 nitrogen and oxygen atoms in total. The maximum atomic E-state index is 12.2. The molecule has 0 saturated heterocycles. The molecule has 0 fully saturated rings. The van der Waals surface area contributed by atoms with E-state index < -0.39 is 5.91 Å². The number of aromatic hydroxyl groups is 1. The van der Waals surface area contributed by atoms with Crippen LogP contribution in [0.5, 0.6) is 11.5 Å². The van der Waals surface area contributed by atoms with Crippen molar-refractivity contribution < 1.29 is 14.6 Å². The number of hydrazone groups is 1. The first-order valence-corrected chi connectivity index (χ1v) is 8.90. The molecule has 0 aliphatic carbocycles. The SMILES string of the molecule is COc1cccc(/C=N/NC(=O)c2ccn(Cc3ccc(Cl)cc3Cl)n2)c1O. The fraction of sp³-hybridized carbons (Fsp3) is 0.105. The minimum Gasteiger partial charge on any atom is -0.504 e. The van der Waals surface area contributed by atoms with E-state index in [-0.39, 0.29) is 11.4 Å². The smallest absolute Gasteiger partial charge is 0.291 e. The summed E-state index contributed by atoms with van der Waals surface area (Å²) in [6, 6.07) is 11.7. The average Bonchev–Trinajstić information content (AvgIpc) is 3.14. The monoisotopic (exact) mass is 418 g/mol. The highest BCUT2D eigenvalue weighted by Gasteiger charge is 2.10.